The first-order valence-corrected chi connectivity index (χ1v) is 8.05. The van der Waals surface area contributed by atoms with Crippen molar-refractivity contribution in [2.24, 2.45) is 0 Å². The topological polar surface area (TPSA) is 91.1 Å². The van der Waals surface area contributed by atoms with Gasteiger partial charge in [-0.3, -0.25) is 14.4 Å². The van der Waals surface area contributed by atoms with Gasteiger partial charge in [-0.15, -0.1) is 0 Å². The highest BCUT2D eigenvalue weighted by Gasteiger charge is 2.14. The van der Waals surface area contributed by atoms with Crippen LogP contribution in [0.4, 0.5) is 5.82 Å². The van der Waals surface area contributed by atoms with Gasteiger partial charge in [0, 0.05) is 11.6 Å². The minimum absolute atomic E-state index is 0.0135. The van der Waals surface area contributed by atoms with Crippen molar-refractivity contribution in [3.8, 4) is 0 Å². The Balaban J connectivity index is 1.93. The maximum Gasteiger partial charge on any atom is 0.251 e. The van der Waals surface area contributed by atoms with Gasteiger partial charge in [-0.05, 0) is 41.7 Å². The number of hydrogen-bond acceptors (Lipinski definition) is 3. The molecule has 3 N–H and O–H groups in total. The van der Waals surface area contributed by atoms with Crippen LogP contribution < -0.4 is 16.2 Å². The molecule has 0 bridgehead atoms. The average molecular weight is 341 g/mol. The number of pyridine rings is 1. The lowest BCUT2D eigenvalue weighted by Gasteiger charge is -2.19. The summed E-state index contributed by atoms with van der Waals surface area (Å²) in [6, 6.07) is 10.4. The third kappa shape index (κ3) is 5.31. The Hall–Kier alpha value is -2.89. The third-order valence-electron chi connectivity index (χ3n) is 3.69. The molecule has 1 heterocycles. The van der Waals surface area contributed by atoms with Gasteiger partial charge in [0.15, 0.2) is 0 Å². The van der Waals surface area contributed by atoms with E-state index in [1.807, 2.05) is 12.1 Å². The smallest absolute Gasteiger partial charge is 0.251 e. The van der Waals surface area contributed by atoms with Gasteiger partial charge in [-0.25, -0.2) is 0 Å². The summed E-state index contributed by atoms with van der Waals surface area (Å²) in [5.74, 6) is -0.437. The van der Waals surface area contributed by atoms with E-state index < -0.39 is 5.91 Å². The van der Waals surface area contributed by atoms with E-state index >= 15 is 0 Å². The number of aromatic amines is 1. The van der Waals surface area contributed by atoms with E-state index in [0.717, 1.165) is 11.1 Å². The zero-order chi connectivity index (χ0) is 18.6. The van der Waals surface area contributed by atoms with Crippen LogP contribution in [0.5, 0.6) is 0 Å². The molecule has 0 atom stereocenters. The average Bonchev–Trinajstić information content (AvgIpc) is 2.51. The molecule has 0 saturated carbocycles. The highest BCUT2D eigenvalue weighted by Crippen LogP contribution is 2.22. The van der Waals surface area contributed by atoms with Crippen LogP contribution in [0.2, 0.25) is 0 Å². The second-order valence-corrected chi connectivity index (χ2v) is 6.99. The summed E-state index contributed by atoms with van der Waals surface area (Å²) in [4.78, 5) is 37.9. The molecule has 6 heteroatoms. The molecule has 0 radical (unpaired) electrons. The van der Waals surface area contributed by atoms with Crippen molar-refractivity contribution in [2.75, 3.05) is 11.9 Å². The third-order valence-corrected chi connectivity index (χ3v) is 3.69. The van der Waals surface area contributed by atoms with E-state index in [2.05, 4.69) is 36.4 Å². The van der Waals surface area contributed by atoms with Gasteiger partial charge in [0.05, 0.1) is 6.54 Å². The van der Waals surface area contributed by atoms with Crippen molar-refractivity contribution in [3.05, 3.63) is 63.4 Å². The van der Waals surface area contributed by atoms with Crippen molar-refractivity contribution in [1.82, 2.24) is 10.3 Å². The summed E-state index contributed by atoms with van der Waals surface area (Å²) < 4.78 is 0. The van der Waals surface area contributed by atoms with Gasteiger partial charge in [-0.1, -0.05) is 32.9 Å². The Morgan fingerprint density at radius 2 is 1.72 bits per heavy atom. The zero-order valence-corrected chi connectivity index (χ0v) is 14.9. The maximum absolute atomic E-state index is 12.1. The highest BCUT2D eigenvalue weighted by atomic mass is 16.2. The number of carbonyl (C=O) groups is 2. The van der Waals surface area contributed by atoms with Crippen molar-refractivity contribution >= 4 is 17.6 Å². The zero-order valence-electron chi connectivity index (χ0n) is 14.9. The summed E-state index contributed by atoms with van der Waals surface area (Å²) in [5, 5.41) is 5.11. The molecule has 25 heavy (non-hydrogen) atoms. The number of amides is 2. The van der Waals surface area contributed by atoms with Crippen LogP contribution in [0.3, 0.4) is 0 Å². The van der Waals surface area contributed by atoms with Crippen LogP contribution in [-0.4, -0.2) is 23.3 Å². The van der Waals surface area contributed by atoms with E-state index in [1.165, 1.54) is 6.07 Å². The quantitative estimate of drug-likeness (QED) is 0.797. The number of nitrogens with one attached hydrogen (secondary N) is 3. The molecule has 0 unspecified atom stereocenters. The molecule has 6 nitrogen and oxygen atoms in total. The summed E-state index contributed by atoms with van der Waals surface area (Å²) in [7, 11) is 0. The van der Waals surface area contributed by atoms with Gasteiger partial charge in [0.25, 0.3) is 5.91 Å². The fraction of sp³-hybridized carbons (Fsp3) is 0.316. The summed E-state index contributed by atoms with van der Waals surface area (Å²) in [6.07, 6.45) is 0. The first kappa shape index (κ1) is 18.4. The molecule has 2 amide bonds. The van der Waals surface area contributed by atoms with Gasteiger partial charge in [-0.2, -0.15) is 0 Å². The first-order chi connectivity index (χ1) is 11.6. The fourth-order valence-electron chi connectivity index (χ4n) is 2.33. The number of aryl methyl sites for hydroxylation is 1. The lowest BCUT2D eigenvalue weighted by atomic mass is 9.87. The van der Waals surface area contributed by atoms with E-state index in [9.17, 15) is 14.4 Å². The minimum atomic E-state index is -0.416. The highest BCUT2D eigenvalue weighted by molar-refractivity contribution is 5.99. The molecule has 0 aliphatic heterocycles. The largest absolute Gasteiger partial charge is 0.343 e. The Labute approximate surface area is 146 Å². The first-order valence-electron chi connectivity index (χ1n) is 8.05. The molecule has 0 aliphatic carbocycles. The lowest BCUT2D eigenvalue weighted by molar-refractivity contribution is -0.115. The SMILES string of the molecule is Cc1cc(NC(=O)CNC(=O)c2ccc(C(C)(C)C)cc2)[nH]c(=O)c1. The molecular formula is C19H23N3O3. The van der Waals surface area contributed by atoms with Crippen molar-refractivity contribution in [2.45, 2.75) is 33.1 Å². The van der Waals surface area contributed by atoms with Gasteiger partial charge in [0.1, 0.15) is 5.82 Å². The van der Waals surface area contributed by atoms with Crippen LogP contribution in [0, 0.1) is 6.92 Å². The molecule has 0 spiro atoms. The number of H-pyrrole nitrogens is 1. The van der Waals surface area contributed by atoms with E-state index in [-0.39, 0.29) is 23.4 Å². The normalized spacial score (nSPS) is 11.0. The van der Waals surface area contributed by atoms with Crippen LogP contribution in [0.25, 0.3) is 0 Å². The van der Waals surface area contributed by atoms with E-state index in [1.54, 1.807) is 25.1 Å². The molecule has 1 aromatic heterocycles. The number of rotatable bonds is 4. The Bertz CT molecular complexity index is 830. The molecule has 2 aromatic rings. The number of hydrogen-bond donors (Lipinski definition) is 3. The molecule has 0 saturated heterocycles. The minimum Gasteiger partial charge on any atom is -0.343 e. The maximum atomic E-state index is 12.1. The van der Waals surface area contributed by atoms with Crippen LogP contribution in [-0.2, 0) is 10.2 Å². The van der Waals surface area contributed by atoms with Crippen LogP contribution in [0.15, 0.2) is 41.2 Å². The molecule has 0 fully saturated rings. The van der Waals surface area contributed by atoms with Gasteiger partial charge in [0.2, 0.25) is 11.5 Å². The van der Waals surface area contributed by atoms with Gasteiger partial charge >= 0.3 is 0 Å². The van der Waals surface area contributed by atoms with Crippen molar-refractivity contribution in [3.63, 3.8) is 0 Å². The molecular weight excluding hydrogens is 318 g/mol. The van der Waals surface area contributed by atoms with Gasteiger partial charge < -0.3 is 15.6 Å². The van der Waals surface area contributed by atoms with Crippen LogP contribution >= 0.6 is 0 Å². The Morgan fingerprint density at radius 1 is 1.08 bits per heavy atom. The predicted molar refractivity (Wildman–Crippen MR) is 97.9 cm³/mol. The fourth-order valence-corrected chi connectivity index (χ4v) is 2.33. The molecule has 0 aliphatic rings. The number of aromatic nitrogens is 1. The summed E-state index contributed by atoms with van der Waals surface area (Å²) in [6.45, 7) is 7.87. The Kier molecular flexibility index (Phi) is 5.41. The summed E-state index contributed by atoms with van der Waals surface area (Å²) >= 11 is 0. The van der Waals surface area contributed by atoms with Crippen molar-refractivity contribution < 1.29 is 9.59 Å². The van der Waals surface area contributed by atoms with Crippen LogP contribution in [0.1, 0.15) is 42.3 Å². The molecule has 2 rings (SSSR count). The van der Waals surface area contributed by atoms with E-state index in [0.29, 0.717) is 11.4 Å². The molecule has 132 valence electrons. The predicted octanol–water partition coefficient (Wildman–Crippen LogP) is 2.35. The second-order valence-electron chi connectivity index (χ2n) is 6.99. The standard InChI is InChI=1S/C19H23N3O3/c1-12-9-15(21-16(23)10-12)22-17(24)11-20-18(25)13-5-7-14(8-6-13)19(2,3)4/h5-10H,11H2,1-4H3,(H,20,25)(H2,21,22,23,24). The Morgan fingerprint density at radius 3 is 2.28 bits per heavy atom. The summed E-state index contributed by atoms with van der Waals surface area (Å²) in [5.41, 5.74) is 2.08. The van der Waals surface area contributed by atoms with E-state index in [4.69, 9.17) is 0 Å². The monoisotopic (exact) mass is 341 g/mol. The van der Waals surface area contributed by atoms with Crippen molar-refractivity contribution in [1.29, 1.82) is 0 Å². The number of carbonyl (C=O) groups excluding carboxylic acids is 2. The lowest BCUT2D eigenvalue weighted by Crippen LogP contribution is -2.33. The number of anilines is 1. The second kappa shape index (κ2) is 7.34. The number of benzene rings is 1. The molecule has 1 aromatic carbocycles.